The van der Waals surface area contributed by atoms with Crippen LogP contribution in [0.5, 0.6) is 0 Å². The van der Waals surface area contributed by atoms with Crippen molar-refractivity contribution in [2.75, 3.05) is 17.1 Å². The number of nitrogens with one attached hydrogen (secondary N) is 3. The molecule has 1 aliphatic carbocycles. The highest BCUT2D eigenvalue weighted by atomic mass is 35.5. The molecule has 3 rings (SSSR count). The van der Waals surface area contributed by atoms with Crippen LogP contribution in [0.1, 0.15) is 25.7 Å². The van der Waals surface area contributed by atoms with Gasteiger partial charge in [-0.2, -0.15) is 4.39 Å². The number of hydrogen-bond donors (Lipinski definition) is 3. The number of benzene rings is 1. The summed E-state index contributed by atoms with van der Waals surface area (Å²) in [6.07, 6.45) is 4.05. The van der Waals surface area contributed by atoms with Crippen molar-refractivity contribution in [2.24, 2.45) is 0 Å². The zero-order valence-electron chi connectivity index (χ0n) is 15.2. The van der Waals surface area contributed by atoms with Gasteiger partial charge in [-0.05, 0) is 44.2 Å². The third kappa shape index (κ3) is 4.71. The van der Waals surface area contributed by atoms with Gasteiger partial charge in [0.05, 0.1) is 10.7 Å². The lowest BCUT2D eigenvalue weighted by atomic mass is 9.90. The van der Waals surface area contributed by atoms with E-state index in [1.807, 2.05) is 7.05 Å². The van der Waals surface area contributed by atoms with E-state index in [2.05, 4.69) is 20.3 Å². The summed E-state index contributed by atoms with van der Waals surface area (Å²) >= 11 is 6.23. The lowest BCUT2D eigenvalue weighted by Crippen LogP contribution is -2.44. The Kier molecular flexibility index (Phi) is 6.36. The maximum absolute atomic E-state index is 14.6. The number of rotatable bonds is 6. The monoisotopic (exact) mass is 430 g/mol. The number of hydrogen-bond acceptors (Lipinski definition) is 5. The van der Waals surface area contributed by atoms with Crippen LogP contribution in [0.15, 0.2) is 35.2 Å². The van der Waals surface area contributed by atoms with Gasteiger partial charge in [-0.3, -0.25) is 4.72 Å². The zero-order valence-corrected chi connectivity index (χ0v) is 16.7. The van der Waals surface area contributed by atoms with Crippen molar-refractivity contribution in [1.29, 1.82) is 0 Å². The normalized spacial score (nSPS) is 20.0. The maximum atomic E-state index is 14.6. The number of pyridine rings is 1. The topological polar surface area (TPSA) is 83.1 Å². The maximum Gasteiger partial charge on any atom is 0.266 e. The van der Waals surface area contributed by atoms with Crippen LogP contribution < -0.4 is 15.4 Å². The van der Waals surface area contributed by atoms with Gasteiger partial charge in [0.25, 0.3) is 10.0 Å². The number of sulfonamides is 1. The average Bonchev–Trinajstić information content (AvgIpc) is 2.64. The minimum atomic E-state index is -4.33. The SMILES string of the molecule is CN[C@H]1CCCCC1Nc1cc(F)c(S(=O)(=O)Nc2cccc(F)n2)cc1Cl. The Labute approximate surface area is 167 Å². The highest BCUT2D eigenvalue weighted by Crippen LogP contribution is 2.31. The predicted molar refractivity (Wildman–Crippen MR) is 105 cm³/mol. The Balaban J connectivity index is 1.84. The molecule has 6 nitrogen and oxygen atoms in total. The fraction of sp³-hybridized carbons (Fsp3) is 0.389. The van der Waals surface area contributed by atoms with Crippen LogP contribution in [0.2, 0.25) is 5.02 Å². The molecule has 0 aliphatic heterocycles. The molecule has 1 aromatic carbocycles. The fourth-order valence-corrected chi connectivity index (χ4v) is 4.72. The van der Waals surface area contributed by atoms with Crippen LogP contribution in [0.4, 0.5) is 20.3 Å². The van der Waals surface area contributed by atoms with Crippen molar-refractivity contribution in [3.05, 3.63) is 47.1 Å². The first kappa shape index (κ1) is 20.8. The van der Waals surface area contributed by atoms with E-state index in [-0.39, 0.29) is 22.9 Å². The van der Waals surface area contributed by atoms with Gasteiger partial charge in [0, 0.05) is 12.1 Å². The molecule has 0 spiro atoms. The minimum Gasteiger partial charge on any atom is -0.379 e. The van der Waals surface area contributed by atoms with Crippen molar-refractivity contribution < 1.29 is 17.2 Å². The van der Waals surface area contributed by atoms with Crippen LogP contribution in [0.3, 0.4) is 0 Å². The van der Waals surface area contributed by atoms with E-state index in [0.29, 0.717) is 5.69 Å². The summed E-state index contributed by atoms with van der Waals surface area (Å²) in [6, 6.07) is 6.01. The molecule has 0 bridgehead atoms. The summed E-state index contributed by atoms with van der Waals surface area (Å²) in [5.74, 6) is -2.07. The van der Waals surface area contributed by atoms with Crippen LogP contribution >= 0.6 is 11.6 Å². The molecule has 10 heteroatoms. The largest absolute Gasteiger partial charge is 0.379 e. The summed E-state index contributed by atoms with van der Waals surface area (Å²) in [4.78, 5) is 2.78. The predicted octanol–water partition coefficient (Wildman–Crippen LogP) is 3.76. The molecular formula is C18H21ClF2N4O2S. The van der Waals surface area contributed by atoms with Crippen molar-refractivity contribution in [3.63, 3.8) is 0 Å². The first-order chi connectivity index (χ1) is 13.3. The Bertz CT molecular complexity index is 959. The highest BCUT2D eigenvalue weighted by Gasteiger charge is 2.26. The number of aromatic nitrogens is 1. The van der Waals surface area contributed by atoms with Crippen LogP contribution in [0, 0.1) is 11.8 Å². The van der Waals surface area contributed by atoms with Crippen molar-refractivity contribution in [1.82, 2.24) is 10.3 Å². The Morgan fingerprint density at radius 2 is 1.86 bits per heavy atom. The average molecular weight is 431 g/mol. The Morgan fingerprint density at radius 3 is 2.54 bits per heavy atom. The molecule has 152 valence electrons. The first-order valence-corrected chi connectivity index (χ1v) is 10.7. The summed E-state index contributed by atoms with van der Waals surface area (Å²) in [6.45, 7) is 0. The van der Waals surface area contributed by atoms with Crippen LogP contribution in [-0.4, -0.2) is 32.5 Å². The second-order valence-electron chi connectivity index (χ2n) is 6.64. The number of likely N-dealkylation sites (N-methyl/N-ethyl adjacent to an activating group) is 1. The molecule has 28 heavy (non-hydrogen) atoms. The Hall–Kier alpha value is -1.97. The van der Waals surface area contributed by atoms with Crippen LogP contribution in [-0.2, 0) is 10.0 Å². The molecule has 1 heterocycles. The summed E-state index contributed by atoms with van der Waals surface area (Å²) in [5, 5.41) is 6.53. The molecule has 3 N–H and O–H groups in total. The van der Waals surface area contributed by atoms with Gasteiger partial charge in [-0.1, -0.05) is 30.5 Å². The quantitative estimate of drug-likeness (QED) is 0.608. The molecule has 1 aromatic heterocycles. The third-order valence-corrected chi connectivity index (χ3v) is 6.43. The number of halogens is 3. The number of anilines is 2. The molecular weight excluding hydrogens is 410 g/mol. The van der Waals surface area contributed by atoms with Gasteiger partial charge in [-0.15, -0.1) is 0 Å². The molecule has 1 fully saturated rings. The second-order valence-corrected chi connectivity index (χ2v) is 8.70. The van der Waals surface area contributed by atoms with E-state index >= 15 is 0 Å². The molecule has 2 atom stereocenters. The van der Waals surface area contributed by atoms with E-state index in [4.69, 9.17) is 11.6 Å². The van der Waals surface area contributed by atoms with E-state index in [0.717, 1.165) is 43.9 Å². The van der Waals surface area contributed by atoms with Crippen molar-refractivity contribution in [3.8, 4) is 0 Å². The summed E-state index contributed by atoms with van der Waals surface area (Å²) < 4.78 is 54.8. The van der Waals surface area contributed by atoms with E-state index < -0.39 is 26.7 Å². The molecule has 1 saturated carbocycles. The smallest absolute Gasteiger partial charge is 0.266 e. The summed E-state index contributed by atoms with van der Waals surface area (Å²) in [7, 11) is -2.46. The van der Waals surface area contributed by atoms with Gasteiger partial charge in [0.1, 0.15) is 16.5 Å². The lowest BCUT2D eigenvalue weighted by Gasteiger charge is -2.33. The molecule has 2 aromatic rings. The summed E-state index contributed by atoms with van der Waals surface area (Å²) in [5.41, 5.74) is 0.328. The van der Waals surface area contributed by atoms with Gasteiger partial charge in [0.2, 0.25) is 5.95 Å². The van der Waals surface area contributed by atoms with E-state index in [9.17, 15) is 17.2 Å². The second kappa shape index (κ2) is 8.59. The standard InChI is InChI=1S/C18H21ClF2N4O2S/c1-22-13-5-2-3-6-14(13)23-15-10-12(20)16(9-11(15)19)28(26,27)25-18-8-4-7-17(21)24-18/h4,7-10,13-14,22-23H,2-3,5-6H2,1H3,(H,24,25)/t13-,14?/m0/s1. The first-order valence-electron chi connectivity index (χ1n) is 8.88. The third-order valence-electron chi connectivity index (χ3n) is 4.74. The highest BCUT2D eigenvalue weighted by molar-refractivity contribution is 7.92. The van der Waals surface area contributed by atoms with Crippen LogP contribution in [0.25, 0.3) is 0 Å². The van der Waals surface area contributed by atoms with Gasteiger partial charge in [0.15, 0.2) is 0 Å². The number of nitrogens with zero attached hydrogens (tertiary/aromatic N) is 1. The van der Waals surface area contributed by atoms with Gasteiger partial charge < -0.3 is 10.6 Å². The molecule has 1 aliphatic rings. The van der Waals surface area contributed by atoms with Crippen molar-refractivity contribution >= 4 is 33.1 Å². The Morgan fingerprint density at radius 1 is 1.14 bits per heavy atom. The van der Waals surface area contributed by atoms with E-state index in [1.165, 1.54) is 12.1 Å². The molecule has 0 amide bonds. The lowest BCUT2D eigenvalue weighted by molar-refractivity contribution is 0.361. The fourth-order valence-electron chi connectivity index (χ4n) is 3.35. The molecule has 1 unspecified atom stereocenters. The van der Waals surface area contributed by atoms with Crippen molar-refractivity contribution in [2.45, 2.75) is 42.7 Å². The molecule has 0 radical (unpaired) electrons. The zero-order chi connectivity index (χ0) is 20.3. The van der Waals surface area contributed by atoms with Gasteiger partial charge >= 0.3 is 0 Å². The minimum absolute atomic E-state index is 0.0627. The van der Waals surface area contributed by atoms with E-state index in [1.54, 1.807) is 0 Å². The molecule has 0 saturated heterocycles. The van der Waals surface area contributed by atoms with Gasteiger partial charge in [-0.25, -0.2) is 17.8 Å².